The molecule has 0 radical (unpaired) electrons. The van der Waals surface area contributed by atoms with Crippen LogP contribution in [0.25, 0.3) is 50.3 Å². The Balaban J connectivity index is 0.00000201. The van der Waals surface area contributed by atoms with E-state index in [1.807, 2.05) is 109 Å². The van der Waals surface area contributed by atoms with Crippen molar-refractivity contribution < 1.29 is 50.3 Å². The number of pyridine rings is 2. The summed E-state index contributed by atoms with van der Waals surface area (Å²) in [6.45, 7) is 1.96. The van der Waals surface area contributed by atoms with Crippen molar-refractivity contribution in [1.29, 1.82) is 0 Å². The van der Waals surface area contributed by atoms with Gasteiger partial charge in [0.1, 0.15) is 0 Å². The number of benzene rings is 4. The van der Waals surface area contributed by atoms with Crippen molar-refractivity contribution in [3.8, 4) is 51.5 Å². The Morgan fingerprint density at radius 2 is 0.979 bits per heavy atom. The topological polar surface area (TPSA) is 75.0 Å². The van der Waals surface area contributed by atoms with Gasteiger partial charge in [0, 0.05) is 47.8 Å². The molecule has 236 valence electrons. The van der Waals surface area contributed by atoms with Gasteiger partial charge in [-0.2, -0.15) is 22.9 Å². The van der Waals surface area contributed by atoms with E-state index in [4.69, 9.17) is 9.47 Å². The first kappa shape index (κ1) is 32.9. The summed E-state index contributed by atoms with van der Waals surface area (Å²) in [5.74, 6) is 2.64. The third-order valence-electron chi connectivity index (χ3n) is 7.36. The Labute approximate surface area is 305 Å². The van der Waals surface area contributed by atoms with Crippen LogP contribution in [0.5, 0.6) is 23.0 Å². The standard InChI is InChI=1S/C39H23N5O2.2Pd/c1-26-24-42-39(43-25-26)44-37-22-31(45-29-10-6-8-27(20-29)35-12-2-4-18-40-35)14-16-33(37)34-17-15-32(23-38(34)44)46-30-11-7-9-28(21-30)36-13-3-5-19-41-36;;/h2-19,24-25H,1H3;;/q-4;2*+2. The predicted octanol–water partition coefficient (Wildman–Crippen LogP) is 8.79. The first-order chi connectivity index (χ1) is 22.7. The van der Waals surface area contributed by atoms with Crippen molar-refractivity contribution in [2.45, 2.75) is 6.92 Å². The number of rotatable bonds is 7. The number of fused-ring (bicyclic) bond motifs is 3. The molecule has 0 unspecified atom stereocenters. The predicted molar refractivity (Wildman–Crippen MR) is 176 cm³/mol. The van der Waals surface area contributed by atoms with Crippen LogP contribution in [0.2, 0.25) is 0 Å². The largest absolute Gasteiger partial charge is 2.00 e. The molecule has 4 heterocycles. The molecular formula is C39H23N5O2Pd2. The van der Waals surface area contributed by atoms with Crippen molar-refractivity contribution >= 4 is 21.8 Å². The van der Waals surface area contributed by atoms with E-state index in [-0.39, 0.29) is 40.8 Å². The number of aryl methyl sites for hydroxylation is 1. The Morgan fingerprint density at radius 1 is 0.500 bits per heavy atom. The number of ether oxygens (including phenoxy) is 2. The first-order valence-electron chi connectivity index (χ1n) is 14.6. The molecular weight excluding hydrogens is 783 g/mol. The van der Waals surface area contributed by atoms with E-state index < -0.39 is 0 Å². The average molecular weight is 806 g/mol. The zero-order chi connectivity index (χ0) is 30.9. The summed E-state index contributed by atoms with van der Waals surface area (Å²) < 4.78 is 14.5. The van der Waals surface area contributed by atoms with Gasteiger partial charge in [0.2, 0.25) is 5.95 Å². The second kappa shape index (κ2) is 14.4. The number of nitrogens with zero attached hydrogens (tertiary/aromatic N) is 5. The summed E-state index contributed by atoms with van der Waals surface area (Å²) >= 11 is 0. The maximum absolute atomic E-state index is 6.27. The fourth-order valence-corrected chi connectivity index (χ4v) is 5.24. The van der Waals surface area contributed by atoms with Crippen LogP contribution in [0.3, 0.4) is 0 Å². The molecule has 0 N–H and O–H groups in total. The first-order valence-corrected chi connectivity index (χ1v) is 14.6. The van der Waals surface area contributed by atoms with Gasteiger partial charge < -0.3 is 24.0 Å². The van der Waals surface area contributed by atoms with Gasteiger partial charge in [0.25, 0.3) is 0 Å². The molecule has 0 saturated heterocycles. The van der Waals surface area contributed by atoms with Gasteiger partial charge in [0.15, 0.2) is 0 Å². The number of hydrogen-bond acceptors (Lipinski definition) is 6. The van der Waals surface area contributed by atoms with Crippen molar-refractivity contribution in [3.63, 3.8) is 0 Å². The molecule has 0 saturated carbocycles. The van der Waals surface area contributed by atoms with Gasteiger partial charge in [-0.05, 0) is 36.0 Å². The fourth-order valence-electron chi connectivity index (χ4n) is 5.24. The van der Waals surface area contributed by atoms with Gasteiger partial charge in [-0.3, -0.25) is 0 Å². The van der Waals surface area contributed by atoms with Crippen LogP contribution in [0.4, 0.5) is 0 Å². The molecule has 7 nitrogen and oxygen atoms in total. The SMILES string of the molecule is Cc1cnc(-n2c3[c-]c(Oc4[c-]c(-c5ccccn5)ccc4)ccc3c3ccc(Oc4[c-]c(-c5ccccn5)ccc4)[c-]c32)nc1.[Pd+2].[Pd+2]. The quantitative estimate of drug-likeness (QED) is 0.119. The second-order valence-electron chi connectivity index (χ2n) is 10.6. The van der Waals surface area contributed by atoms with Crippen LogP contribution in [0, 0.1) is 31.2 Å². The molecule has 8 rings (SSSR count). The Hall–Kier alpha value is -5.02. The van der Waals surface area contributed by atoms with Crippen molar-refractivity contribution in [2.24, 2.45) is 0 Å². The van der Waals surface area contributed by atoms with Crippen molar-refractivity contribution in [2.75, 3.05) is 0 Å². The van der Waals surface area contributed by atoms with Crippen LogP contribution in [-0.4, -0.2) is 24.5 Å². The molecule has 0 fully saturated rings. The molecule has 0 aliphatic heterocycles. The monoisotopic (exact) mass is 805 g/mol. The van der Waals surface area contributed by atoms with Crippen molar-refractivity contribution in [1.82, 2.24) is 24.5 Å². The van der Waals surface area contributed by atoms with E-state index in [0.717, 1.165) is 49.9 Å². The zero-order valence-electron chi connectivity index (χ0n) is 25.2. The summed E-state index contributed by atoms with van der Waals surface area (Å²) in [4.78, 5) is 18.2. The Kier molecular flexibility index (Phi) is 9.87. The summed E-state index contributed by atoms with van der Waals surface area (Å²) in [5.41, 5.74) is 5.76. The van der Waals surface area contributed by atoms with E-state index in [1.54, 1.807) is 24.8 Å². The van der Waals surface area contributed by atoms with Crippen LogP contribution in [-0.2, 0) is 40.8 Å². The normalized spacial score (nSPS) is 10.7. The maximum Gasteiger partial charge on any atom is 2.00 e. The Bertz CT molecular complexity index is 2190. The molecule has 4 aromatic carbocycles. The van der Waals surface area contributed by atoms with E-state index in [9.17, 15) is 0 Å². The zero-order valence-corrected chi connectivity index (χ0v) is 28.3. The summed E-state index contributed by atoms with van der Waals surface area (Å²) in [6, 6.07) is 44.4. The van der Waals surface area contributed by atoms with Gasteiger partial charge in [-0.1, -0.05) is 47.4 Å². The fraction of sp³-hybridized carbons (Fsp3) is 0.0256. The third kappa shape index (κ3) is 6.69. The number of aromatic nitrogens is 5. The van der Waals surface area contributed by atoms with Crippen LogP contribution in [0.1, 0.15) is 5.56 Å². The molecule has 9 heteroatoms. The summed E-state index contributed by atoms with van der Waals surface area (Å²) in [6.07, 6.45) is 7.10. The minimum Gasteiger partial charge on any atom is -0.503 e. The molecule has 48 heavy (non-hydrogen) atoms. The van der Waals surface area contributed by atoms with E-state index in [1.165, 1.54) is 0 Å². The summed E-state index contributed by atoms with van der Waals surface area (Å²) in [7, 11) is 0. The maximum atomic E-state index is 6.27. The molecule has 4 aromatic heterocycles. The molecule has 0 bridgehead atoms. The van der Waals surface area contributed by atoms with Gasteiger partial charge in [0.05, 0.1) is 0 Å². The molecule has 0 aliphatic carbocycles. The van der Waals surface area contributed by atoms with E-state index in [0.29, 0.717) is 28.9 Å². The van der Waals surface area contributed by atoms with E-state index in [2.05, 4.69) is 44.2 Å². The third-order valence-corrected chi connectivity index (χ3v) is 7.36. The second-order valence-corrected chi connectivity index (χ2v) is 10.6. The minimum absolute atomic E-state index is 0. The summed E-state index contributed by atoms with van der Waals surface area (Å²) in [5, 5.41) is 1.90. The van der Waals surface area contributed by atoms with Crippen LogP contribution < -0.4 is 9.47 Å². The Morgan fingerprint density at radius 3 is 1.44 bits per heavy atom. The van der Waals surface area contributed by atoms with Gasteiger partial charge in [-0.25, -0.2) is 9.97 Å². The molecule has 8 aromatic rings. The molecule has 0 atom stereocenters. The molecule has 0 amide bonds. The van der Waals surface area contributed by atoms with E-state index >= 15 is 0 Å². The number of hydrogen-bond donors (Lipinski definition) is 0. The molecule has 0 aliphatic rings. The van der Waals surface area contributed by atoms with Gasteiger partial charge in [-0.15, -0.1) is 71.8 Å². The van der Waals surface area contributed by atoms with Crippen LogP contribution >= 0.6 is 0 Å². The minimum atomic E-state index is 0. The molecule has 0 spiro atoms. The smallest absolute Gasteiger partial charge is 0.503 e. The van der Waals surface area contributed by atoms with Crippen LogP contribution in [0.15, 0.2) is 122 Å². The van der Waals surface area contributed by atoms with Gasteiger partial charge >= 0.3 is 40.8 Å². The average Bonchev–Trinajstić information content (AvgIpc) is 3.42. The van der Waals surface area contributed by atoms with Crippen molar-refractivity contribution in [3.05, 3.63) is 152 Å².